The second-order valence-electron chi connectivity index (χ2n) is 3.87. The number of rotatable bonds is 2. The monoisotopic (exact) mass is 210 g/mol. The Morgan fingerprint density at radius 1 is 1.67 bits per heavy atom. The molecule has 5 nitrogen and oxygen atoms in total. The molecule has 0 spiro atoms. The minimum atomic E-state index is -1.04. The first-order valence-electron chi connectivity index (χ1n) is 5.07. The van der Waals surface area contributed by atoms with Crippen LogP contribution in [0.5, 0.6) is 0 Å². The Bertz CT molecular complexity index is 361. The summed E-state index contributed by atoms with van der Waals surface area (Å²) < 4.78 is 5.20. The van der Waals surface area contributed by atoms with E-state index in [-0.39, 0.29) is 11.7 Å². The van der Waals surface area contributed by atoms with Crippen molar-refractivity contribution in [3.8, 4) is 0 Å². The van der Waals surface area contributed by atoms with E-state index in [2.05, 4.69) is 9.88 Å². The fourth-order valence-electron chi connectivity index (χ4n) is 1.93. The molecule has 2 heterocycles. The molecule has 1 atom stereocenters. The van der Waals surface area contributed by atoms with Gasteiger partial charge in [-0.15, -0.1) is 0 Å². The third kappa shape index (κ3) is 2.02. The van der Waals surface area contributed by atoms with Crippen LogP contribution < -0.4 is 0 Å². The van der Waals surface area contributed by atoms with Crippen molar-refractivity contribution in [2.45, 2.75) is 25.3 Å². The lowest BCUT2D eigenvalue weighted by molar-refractivity contribution is 0.0690. The van der Waals surface area contributed by atoms with Crippen molar-refractivity contribution < 1.29 is 14.3 Å². The van der Waals surface area contributed by atoms with Crippen LogP contribution in [0.15, 0.2) is 10.7 Å². The van der Waals surface area contributed by atoms with Crippen molar-refractivity contribution >= 4 is 5.97 Å². The van der Waals surface area contributed by atoms with E-state index < -0.39 is 5.97 Å². The predicted molar refractivity (Wildman–Crippen MR) is 52.7 cm³/mol. The Balaban J connectivity index is 2.17. The highest BCUT2D eigenvalue weighted by molar-refractivity contribution is 5.84. The third-order valence-corrected chi connectivity index (χ3v) is 2.80. The summed E-state index contributed by atoms with van der Waals surface area (Å²) in [7, 11) is 2.01. The van der Waals surface area contributed by atoms with Gasteiger partial charge in [0.1, 0.15) is 6.26 Å². The van der Waals surface area contributed by atoms with Crippen LogP contribution in [-0.4, -0.2) is 34.6 Å². The molecule has 0 saturated carbocycles. The third-order valence-electron chi connectivity index (χ3n) is 2.80. The molecule has 1 unspecified atom stereocenters. The number of carbonyl (C=O) groups is 1. The normalized spacial score (nSPS) is 22.9. The van der Waals surface area contributed by atoms with Crippen molar-refractivity contribution in [3.05, 3.63) is 17.8 Å². The number of carboxylic acids is 1. The predicted octanol–water partition coefficient (Wildman–Crippen LogP) is 1.53. The Morgan fingerprint density at radius 3 is 3.07 bits per heavy atom. The van der Waals surface area contributed by atoms with E-state index in [1.165, 1.54) is 12.7 Å². The molecule has 0 radical (unpaired) electrons. The maximum Gasteiger partial charge on any atom is 0.357 e. The van der Waals surface area contributed by atoms with Gasteiger partial charge in [-0.05, 0) is 26.4 Å². The van der Waals surface area contributed by atoms with Crippen LogP contribution in [0.2, 0.25) is 0 Å². The second-order valence-corrected chi connectivity index (χ2v) is 3.87. The Hall–Kier alpha value is -1.36. The summed E-state index contributed by atoms with van der Waals surface area (Å²) in [5.41, 5.74) is -0.0102. The van der Waals surface area contributed by atoms with Gasteiger partial charge >= 0.3 is 5.97 Å². The van der Waals surface area contributed by atoms with Crippen LogP contribution in [0.1, 0.15) is 41.7 Å². The smallest absolute Gasteiger partial charge is 0.357 e. The van der Waals surface area contributed by atoms with Crippen molar-refractivity contribution in [3.63, 3.8) is 0 Å². The molecule has 1 fully saturated rings. The van der Waals surface area contributed by atoms with Gasteiger partial charge in [0.25, 0.3) is 0 Å². The molecule has 1 N–H and O–H groups in total. The summed E-state index contributed by atoms with van der Waals surface area (Å²) in [6, 6.07) is 0.131. The van der Waals surface area contributed by atoms with Crippen LogP contribution in [0.3, 0.4) is 0 Å². The number of aromatic carboxylic acids is 1. The van der Waals surface area contributed by atoms with Gasteiger partial charge in [-0.3, -0.25) is 4.90 Å². The molecule has 15 heavy (non-hydrogen) atoms. The number of piperidine rings is 1. The lowest BCUT2D eigenvalue weighted by atomic mass is 10.0. The van der Waals surface area contributed by atoms with E-state index in [4.69, 9.17) is 9.52 Å². The number of carboxylic acid groups (broad SMARTS) is 1. The number of hydrogen-bond donors (Lipinski definition) is 1. The molecule has 0 aromatic carbocycles. The lowest BCUT2D eigenvalue weighted by Crippen LogP contribution is -2.29. The first-order chi connectivity index (χ1) is 7.18. The molecule has 82 valence electrons. The summed E-state index contributed by atoms with van der Waals surface area (Å²) >= 11 is 0. The molecular weight excluding hydrogens is 196 g/mol. The summed E-state index contributed by atoms with van der Waals surface area (Å²) in [6.07, 6.45) is 4.51. The molecule has 5 heteroatoms. The molecule has 1 aromatic rings. The molecule has 1 aliphatic rings. The molecular formula is C10H14N2O3. The summed E-state index contributed by atoms with van der Waals surface area (Å²) in [5.74, 6) is -0.516. The van der Waals surface area contributed by atoms with Crippen molar-refractivity contribution in [2.24, 2.45) is 0 Å². The molecule has 0 bridgehead atoms. The van der Waals surface area contributed by atoms with Crippen LogP contribution >= 0.6 is 0 Å². The SMILES string of the molecule is CN1CCCCC1c1nc(C(=O)O)co1. The highest BCUT2D eigenvalue weighted by Crippen LogP contribution is 2.28. The molecule has 0 amide bonds. The lowest BCUT2D eigenvalue weighted by Gasteiger charge is -2.29. The first-order valence-corrected chi connectivity index (χ1v) is 5.07. The van der Waals surface area contributed by atoms with Gasteiger partial charge in [-0.2, -0.15) is 0 Å². The molecule has 2 rings (SSSR count). The highest BCUT2D eigenvalue weighted by atomic mass is 16.4. The minimum Gasteiger partial charge on any atom is -0.476 e. The topological polar surface area (TPSA) is 66.6 Å². The summed E-state index contributed by atoms with van der Waals surface area (Å²) in [4.78, 5) is 16.8. The van der Waals surface area contributed by atoms with E-state index >= 15 is 0 Å². The van der Waals surface area contributed by atoms with E-state index in [1.54, 1.807) is 0 Å². The van der Waals surface area contributed by atoms with Crippen LogP contribution in [0, 0.1) is 0 Å². The van der Waals surface area contributed by atoms with E-state index in [1.807, 2.05) is 7.05 Å². The summed E-state index contributed by atoms with van der Waals surface area (Å²) in [6.45, 7) is 1.01. The quantitative estimate of drug-likeness (QED) is 0.801. The Labute approximate surface area is 87.7 Å². The van der Waals surface area contributed by atoms with Crippen molar-refractivity contribution in [2.75, 3.05) is 13.6 Å². The van der Waals surface area contributed by atoms with Gasteiger partial charge in [0.05, 0.1) is 6.04 Å². The number of aromatic nitrogens is 1. The van der Waals surface area contributed by atoms with Crippen LogP contribution in [0.25, 0.3) is 0 Å². The van der Waals surface area contributed by atoms with Gasteiger partial charge < -0.3 is 9.52 Å². The highest BCUT2D eigenvalue weighted by Gasteiger charge is 2.25. The zero-order chi connectivity index (χ0) is 10.8. The van der Waals surface area contributed by atoms with E-state index in [9.17, 15) is 4.79 Å². The van der Waals surface area contributed by atoms with Gasteiger partial charge in [-0.1, -0.05) is 6.42 Å². The average molecular weight is 210 g/mol. The average Bonchev–Trinajstić information content (AvgIpc) is 2.67. The van der Waals surface area contributed by atoms with Gasteiger partial charge in [0.15, 0.2) is 5.69 Å². The number of likely N-dealkylation sites (tertiary alicyclic amines) is 1. The number of oxazole rings is 1. The summed E-state index contributed by atoms with van der Waals surface area (Å²) in [5, 5.41) is 8.73. The molecule has 1 saturated heterocycles. The van der Waals surface area contributed by atoms with Gasteiger partial charge in [0.2, 0.25) is 5.89 Å². The standard InChI is InChI=1S/C10H14N2O3/c1-12-5-3-2-4-8(12)9-11-7(6-15-9)10(13)14/h6,8H,2-5H2,1H3,(H,13,14). The molecule has 0 aliphatic carbocycles. The largest absolute Gasteiger partial charge is 0.476 e. The van der Waals surface area contributed by atoms with E-state index in [0.29, 0.717) is 5.89 Å². The number of hydrogen-bond acceptors (Lipinski definition) is 4. The van der Waals surface area contributed by atoms with Gasteiger partial charge in [-0.25, -0.2) is 9.78 Å². The van der Waals surface area contributed by atoms with Crippen molar-refractivity contribution in [1.29, 1.82) is 0 Å². The Kier molecular flexibility index (Phi) is 2.73. The fourth-order valence-corrected chi connectivity index (χ4v) is 1.93. The van der Waals surface area contributed by atoms with E-state index in [0.717, 1.165) is 19.4 Å². The maximum atomic E-state index is 10.6. The Morgan fingerprint density at radius 2 is 2.47 bits per heavy atom. The number of nitrogens with zero attached hydrogens (tertiary/aromatic N) is 2. The van der Waals surface area contributed by atoms with Gasteiger partial charge in [0, 0.05) is 0 Å². The fraction of sp³-hybridized carbons (Fsp3) is 0.600. The minimum absolute atomic E-state index is 0.0102. The molecule has 1 aliphatic heterocycles. The maximum absolute atomic E-state index is 10.6. The molecule has 1 aromatic heterocycles. The first kappa shape index (κ1) is 10.2. The zero-order valence-corrected chi connectivity index (χ0v) is 8.64. The zero-order valence-electron chi connectivity index (χ0n) is 8.64. The second kappa shape index (κ2) is 4.02. The van der Waals surface area contributed by atoms with Crippen LogP contribution in [0.4, 0.5) is 0 Å². The van der Waals surface area contributed by atoms with Crippen molar-refractivity contribution in [1.82, 2.24) is 9.88 Å². The van der Waals surface area contributed by atoms with Crippen LogP contribution in [-0.2, 0) is 0 Å².